The first-order valence-corrected chi connectivity index (χ1v) is 12.6. The predicted octanol–water partition coefficient (Wildman–Crippen LogP) is 6.79. The van der Waals surface area contributed by atoms with Crippen molar-refractivity contribution in [2.24, 2.45) is 0 Å². The second kappa shape index (κ2) is 12.1. The lowest BCUT2D eigenvalue weighted by Crippen LogP contribution is -2.47. The highest BCUT2D eigenvalue weighted by Gasteiger charge is 2.39. The van der Waals surface area contributed by atoms with E-state index >= 15 is 0 Å². The number of ether oxygens (including phenoxy) is 1. The fourth-order valence-electron chi connectivity index (χ4n) is 3.92. The van der Waals surface area contributed by atoms with Crippen molar-refractivity contribution in [2.75, 3.05) is 13.1 Å². The first-order valence-electron chi connectivity index (χ1n) is 11.8. The lowest BCUT2D eigenvalue weighted by molar-refractivity contribution is -0.0719. The van der Waals surface area contributed by atoms with E-state index in [1.165, 1.54) is 16.1 Å². The van der Waals surface area contributed by atoms with Crippen LogP contribution in [0.2, 0.25) is 0 Å². The molecule has 1 unspecified atom stereocenters. The van der Waals surface area contributed by atoms with Gasteiger partial charge in [0, 0.05) is 10.4 Å². The Morgan fingerprint density at radius 3 is 2.61 bits per heavy atom. The highest BCUT2D eigenvalue weighted by atomic mass is 32.2. The number of nitrogens with one attached hydrogen (secondary N) is 2. The summed E-state index contributed by atoms with van der Waals surface area (Å²) >= 11 is 1.69. The lowest BCUT2D eigenvalue weighted by atomic mass is 9.80. The second-order valence-corrected chi connectivity index (χ2v) is 10.1. The Hall–Kier alpha value is -1.33. The van der Waals surface area contributed by atoms with Crippen LogP contribution >= 0.6 is 11.9 Å². The van der Waals surface area contributed by atoms with Crippen molar-refractivity contribution >= 4 is 11.9 Å². The fourth-order valence-corrected chi connectivity index (χ4v) is 4.64. The molecular formula is C27H42N2OS. The summed E-state index contributed by atoms with van der Waals surface area (Å²) in [5, 5.41) is 3.47. The second-order valence-electron chi connectivity index (χ2n) is 9.19. The van der Waals surface area contributed by atoms with Gasteiger partial charge in [-0.05, 0) is 107 Å². The molecule has 3 rings (SSSR count). The van der Waals surface area contributed by atoms with Gasteiger partial charge < -0.3 is 10.1 Å². The number of hydrogen-bond donors (Lipinski definition) is 2. The zero-order valence-electron chi connectivity index (χ0n) is 20.2. The van der Waals surface area contributed by atoms with E-state index in [1.54, 1.807) is 11.9 Å². The van der Waals surface area contributed by atoms with E-state index in [0.717, 1.165) is 50.8 Å². The average Bonchev–Trinajstić information content (AvgIpc) is 3.00. The summed E-state index contributed by atoms with van der Waals surface area (Å²) in [6.45, 7) is 20.9. The van der Waals surface area contributed by atoms with Crippen molar-refractivity contribution in [3.8, 4) is 0 Å². The Balaban J connectivity index is 0.00000166. The molecule has 1 atom stereocenters. The van der Waals surface area contributed by atoms with Gasteiger partial charge in [-0.2, -0.15) is 0 Å². The summed E-state index contributed by atoms with van der Waals surface area (Å²) in [5.41, 5.74) is 3.66. The molecule has 172 valence electrons. The molecule has 0 radical (unpaired) electrons. The third-order valence-electron chi connectivity index (χ3n) is 5.49. The summed E-state index contributed by atoms with van der Waals surface area (Å²) in [7, 11) is 0. The molecule has 1 aliphatic carbocycles. The average molecular weight is 443 g/mol. The minimum Gasteiger partial charge on any atom is -0.363 e. The fraction of sp³-hybridized carbons (Fsp3) is 0.556. The molecule has 1 fully saturated rings. The van der Waals surface area contributed by atoms with Gasteiger partial charge in [-0.1, -0.05) is 44.7 Å². The van der Waals surface area contributed by atoms with Crippen molar-refractivity contribution in [1.82, 2.24) is 10.0 Å². The molecule has 0 aromatic heterocycles. The van der Waals surface area contributed by atoms with Crippen LogP contribution in [-0.4, -0.2) is 30.3 Å². The van der Waals surface area contributed by atoms with E-state index in [4.69, 9.17) is 4.74 Å². The van der Waals surface area contributed by atoms with Gasteiger partial charge in [-0.15, -0.1) is 6.58 Å². The van der Waals surface area contributed by atoms with Crippen molar-refractivity contribution < 1.29 is 4.74 Å². The molecule has 0 saturated carbocycles. The molecule has 2 heterocycles. The van der Waals surface area contributed by atoms with Gasteiger partial charge in [0.25, 0.3) is 0 Å². The summed E-state index contributed by atoms with van der Waals surface area (Å²) in [6.07, 6.45) is 18.2. The van der Waals surface area contributed by atoms with Crippen LogP contribution in [0.1, 0.15) is 66.7 Å². The molecule has 1 spiro atoms. The molecule has 3 aliphatic rings. The van der Waals surface area contributed by atoms with Gasteiger partial charge in [0.1, 0.15) is 0 Å². The van der Waals surface area contributed by atoms with Crippen LogP contribution in [0.3, 0.4) is 0 Å². The number of allylic oxidation sites excluding steroid dienone is 6. The molecular weight excluding hydrogens is 400 g/mol. The number of hydrogen-bond acceptors (Lipinski definition) is 4. The van der Waals surface area contributed by atoms with E-state index in [9.17, 15) is 0 Å². The molecule has 0 aromatic rings. The molecule has 2 N–H and O–H groups in total. The smallest absolute Gasteiger partial charge is 0.0903 e. The maximum Gasteiger partial charge on any atom is 0.0903 e. The Labute approximate surface area is 195 Å². The van der Waals surface area contributed by atoms with Crippen molar-refractivity contribution in [2.45, 2.75) is 84.0 Å². The van der Waals surface area contributed by atoms with Crippen molar-refractivity contribution in [3.05, 3.63) is 71.2 Å². The topological polar surface area (TPSA) is 33.3 Å². The van der Waals surface area contributed by atoms with Crippen LogP contribution in [0.5, 0.6) is 0 Å². The normalized spacial score (nSPS) is 23.2. The van der Waals surface area contributed by atoms with E-state index in [2.05, 4.69) is 74.3 Å². The Bertz CT molecular complexity index is 746. The van der Waals surface area contributed by atoms with Crippen molar-refractivity contribution in [3.63, 3.8) is 0 Å². The van der Waals surface area contributed by atoms with E-state index < -0.39 is 0 Å². The summed E-state index contributed by atoms with van der Waals surface area (Å²) in [5.74, 6) is 0. The Morgan fingerprint density at radius 1 is 1.26 bits per heavy atom. The SMILES string of the molecule is C=CCCC1OC2(C=C(C3=CC=C(SNC(C)(C)C)C=CC3)C1=C)CCNCC2.CC. The zero-order chi connectivity index (χ0) is 22.9. The van der Waals surface area contributed by atoms with Crippen LogP contribution in [0, 0.1) is 0 Å². The minimum absolute atomic E-state index is 0.0691. The summed E-state index contributed by atoms with van der Waals surface area (Å²) < 4.78 is 10.1. The van der Waals surface area contributed by atoms with Gasteiger partial charge >= 0.3 is 0 Å². The molecule has 2 aliphatic heterocycles. The van der Waals surface area contributed by atoms with Crippen LogP contribution in [0.15, 0.2) is 71.2 Å². The minimum atomic E-state index is -0.167. The first-order chi connectivity index (χ1) is 14.8. The third kappa shape index (κ3) is 7.64. The highest BCUT2D eigenvalue weighted by Crippen LogP contribution is 2.41. The van der Waals surface area contributed by atoms with Gasteiger partial charge in [-0.25, -0.2) is 0 Å². The van der Waals surface area contributed by atoms with Crippen LogP contribution in [-0.2, 0) is 4.74 Å². The maximum absolute atomic E-state index is 6.64. The van der Waals surface area contributed by atoms with Crippen LogP contribution < -0.4 is 10.0 Å². The van der Waals surface area contributed by atoms with Gasteiger partial charge in [-0.3, -0.25) is 4.72 Å². The predicted molar refractivity (Wildman–Crippen MR) is 138 cm³/mol. The Morgan fingerprint density at radius 2 is 1.97 bits per heavy atom. The summed E-state index contributed by atoms with van der Waals surface area (Å²) in [4.78, 5) is 1.23. The molecule has 3 nitrogen and oxygen atoms in total. The number of rotatable bonds is 6. The largest absolute Gasteiger partial charge is 0.363 e. The zero-order valence-corrected chi connectivity index (χ0v) is 21.0. The molecule has 0 aromatic carbocycles. The number of piperidine rings is 1. The Kier molecular flexibility index (Phi) is 10.1. The van der Waals surface area contributed by atoms with E-state index in [0.29, 0.717) is 0 Å². The highest BCUT2D eigenvalue weighted by molar-refractivity contribution is 8.01. The molecule has 31 heavy (non-hydrogen) atoms. The first kappa shape index (κ1) is 25.9. The van der Waals surface area contributed by atoms with Gasteiger partial charge in [0.15, 0.2) is 0 Å². The van der Waals surface area contributed by atoms with E-state index in [1.807, 2.05) is 19.9 Å². The molecule has 1 saturated heterocycles. The monoisotopic (exact) mass is 442 g/mol. The molecule has 0 amide bonds. The van der Waals surface area contributed by atoms with Crippen molar-refractivity contribution in [1.29, 1.82) is 0 Å². The van der Waals surface area contributed by atoms with Crippen LogP contribution in [0.4, 0.5) is 0 Å². The summed E-state index contributed by atoms with van der Waals surface area (Å²) in [6, 6.07) is 0. The van der Waals surface area contributed by atoms with Gasteiger partial charge in [0.2, 0.25) is 0 Å². The third-order valence-corrected chi connectivity index (χ3v) is 6.71. The van der Waals surface area contributed by atoms with E-state index in [-0.39, 0.29) is 17.2 Å². The molecule has 4 heteroatoms. The van der Waals surface area contributed by atoms with Gasteiger partial charge in [0.05, 0.1) is 11.7 Å². The lowest BCUT2D eigenvalue weighted by Gasteiger charge is -2.43. The van der Waals surface area contributed by atoms with Crippen LogP contribution in [0.25, 0.3) is 0 Å². The quantitative estimate of drug-likeness (QED) is 0.350. The molecule has 0 bridgehead atoms. The maximum atomic E-state index is 6.64. The standard InChI is InChI=1S/C25H36N2OS.C2H6/c1-6-7-11-23-19(2)22(18-25(28-23)14-16-26-17-15-25)20-9-8-10-21(13-12-20)29-27-24(3,4)5;1-2/h6,8,10,12-13,18,23,26-27H,1-2,7,9,11,14-17H2,3-5H3;1-2H3.